The van der Waals surface area contributed by atoms with Crippen LogP contribution in [0.5, 0.6) is 0 Å². The molecule has 0 N–H and O–H groups in total. The normalized spacial score (nSPS) is 22.7. The number of fused-ring (bicyclic) bond motifs is 5. The number of aryl methyl sites for hydroxylation is 1. The quantitative estimate of drug-likeness (QED) is 0.673. The molecule has 2 aliphatic rings. The first-order valence-corrected chi connectivity index (χ1v) is 8.66. The second-order valence-electron chi connectivity index (χ2n) is 6.93. The fourth-order valence-electron chi connectivity index (χ4n) is 4.96. The minimum atomic E-state index is -0.306. The van der Waals surface area contributed by atoms with E-state index < -0.39 is 0 Å². The molecular formula is C21H20N2O. The van der Waals surface area contributed by atoms with Crippen LogP contribution in [0.25, 0.3) is 10.9 Å². The highest BCUT2D eigenvalue weighted by atomic mass is 16.2. The molecule has 2 aliphatic heterocycles. The summed E-state index contributed by atoms with van der Waals surface area (Å²) in [6, 6.07) is 19.2. The fourth-order valence-corrected chi connectivity index (χ4v) is 4.96. The van der Waals surface area contributed by atoms with E-state index in [4.69, 9.17) is 0 Å². The molecule has 0 spiro atoms. The molecule has 24 heavy (non-hydrogen) atoms. The third-order valence-corrected chi connectivity index (χ3v) is 5.90. The number of nitrogens with zero attached hydrogens (tertiary/aromatic N) is 2. The summed E-state index contributed by atoms with van der Waals surface area (Å²) in [4.78, 5) is 14.8. The number of carbonyl (C=O) groups is 1. The molecule has 1 aromatic heterocycles. The van der Waals surface area contributed by atoms with Gasteiger partial charge in [0.05, 0.1) is 5.69 Å². The van der Waals surface area contributed by atoms with Crippen LogP contribution < -0.4 is 0 Å². The predicted molar refractivity (Wildman–Crippen MR) is 94.8 cm³/mol. The Labute approximate surface area is 141 Å². The maximum atomic E-state index is 12.6. The number of rotatable bonds is 1. The van der Waals surface area contributed by atoms with Gasteiger partial charge in [-0.3, -0.25) is 4.79 Å². The van der Waals surface area contributed by atoms with Crippen molar-refractivity contribution in [2.45, 2.75) is 24.8 Å². The zero-order valence-electron chi connectivity index (χ0n) is 13.8. The van der Waals surface area contributed by atoms with Gasteiger partial charge in [0.25, 0.3) is 0 Å². The number of hydrogen-bond acceptors (Lipinski definition) is 1. The van der Waals surface area contributed by atoms with Gasteiger partial charge in [-0.05, 0) is 30.0 Å². The van der Waals surface area contributed by atoms with E-state index in [2.05, 4.69) is 65.0 Å². The minimum Gasteiger partial charge on any atom is -0.345 e. The zero-order chi connectivity index (χ0) is 16.3. The van der Waals surface area contributed by atoms with Gasteiger partial charge in [0, 0.05) is 30.9 Å². The third-order valence-electron chi connectivity index (χ3n) is 5.90. The van der Waals surface area contributed by atoms with Crippen molar-refractivity contribution in [3.8, 4) is 0 Å². The van der Waals surface area contributed by atoms with Crippen molar-refractivity contribution in [2.24, 2.45) is 7.05 Å². The second-order valence-corrected chi connectivity index (χ2v) is 6.93. The van der Waals surface area contributed by atoms with E-state index >= 15 is 0 Å². The molecule has 120 valence electrons. The summed E-state index contributed by atoms with van der Waals surface area (Å²) in [5.41, 5.74) is 4.93. The maximum Gasteiger partial charge on any atom is 0.223 e. The summed E-state index contributed by atoms with van der Waals surface area (Å²) in [7, 11) is 2.15. The summed E-state index contributed by atoms with van der Waals surface area (Å²) >= 11 is 0. The number of benzene rings is 2. The predicted octanol–water partition coefficient (Wildman–Crippen LogP) is 3.60. The van der Waals surface area contributed by atoms with E-state index in [1.165, 1.54) is 27.7 Å². The van der Waals surface area contributed by atoms with Crippen molar-refractivity contribution >= 4 is 16.8 Å². The van der Waals surface area contributed by atoms with Crippen molar-refractivity contribution in [2.75, 3.05) is 6.54 Å². The van der Waals surface area contributed by atoms with Crippen LogP contribution >= 0.6 is 0 Å². The van der Waals surface area contributed by atoms with E-state index in [-0.39, 0.29) is 11.4 Å². The summed E-state index contributed by atoms with van der Waals surface area (Å²) in [6.45, 7) is 0.814. The first-order chi connectivity index (χ1) is 11.7. The van der Waals surface area contributed by atoms with Gasteiger partial charge in [-0.1, -0.05) is 48.5 Å². The van der Waals surface area contributed by atoms with E-state index in [1.54, 1.807) is 0 Å². The second kappa shape index (κ2) is 4.73. The molecule has 1 unspecified atom stereocenters. The highest BCUT2D eigenvalue weighted by molar-refractivity contribution is 5.89. The van der Waals surface area contributed by atoms with Crippen molar-refractivity contribution in [1.29, 1.82) is 0 Å². The van der Waals surface area contributed by atoms with Crippen LogP contribution in [0.1, 0.15) is 29.7 Å². The Bertz CT molecular complexity index is 957. The Morgan fingerprint density at radius 3 is 2.54 bits per heavy atom. The topological polar surface area (TPSA) is 25.2 Å². The Balaban J connectivity index is 1.90. The van der Waals surface area contributed by atoms with Gasteiger partial charge in [-0.25, -0.2) is 0 Å². The lowest BCUT2D eigenvalue weighted by Gasteiger charge is -2.43. The van der Waals surface area contributed by atoms with Crippen LogP contribution in [-0.4, -0.2) is 21.9 Å². The Morgan fingerprint density at radius 1 is 0.958 bits per heavy atom. The molecule has 2 aromatic carbocycles. The van der Waals surface area contributed by atoms with Crippen LogP contribution in [0.3, 0.4) is 0 Å². The number of hydrogen-bond donors (Lipinski definition) is 0. The van der Waals surface area contributed by atoms with E-state index in [9.17, 15) is 4.79 Å². The van der Waals surface area contributed by atoms with Gasteiger partial charge < -0.3 is 9.47 Å². The van der Waals surface area contributed by atoms with Crippen LogP contribution in [0.15, 0.2) is 54.6 Å². The molecule has 3 heteroatoms. The van der Waals surface area contributed by atoms with Crippen molar-refractivity contribution in [3.05, 3.63) is 71.4 Å². The average Bonchev–Trinajstić information content (AvgIpc) is 3.13. The first-order valence-electron chi connectivity index (χ1n) is 8.66. The largest absolute Gasteiger partial charge is 0.345 e. The standard InChI is InChI=1S/C21H20N2O/c1-22-18-10-6-5-9-16(18)17-12-14-23-19(24)11-13-21(23,20(17)22)15-7-3-2-4-8-15/h2-10H,11-14H2,1H3. The summed E-state index contributed by atoms with van der Waals surface area (Å²) in [6.07, 6.45) is 2.44. The van der Waals surface area contributed by atoms with Gasteiger partial charge in [0.2, 0.25) is 5.91 Å². The maximum absolute atomic E-state index is 12.6. The fraction of sp³-hybridized carbons (Fsp3) is 0.286. The number of para-hydroxylation sites is 1. The highest BCUT2D eigenvalue weighted by Gasteiger charge is 2.52. The van der Waals surface area contributed by atoms with E-state index in [0.717, 1.165) is 19.4 Å². The Hall–Kier alpha value is -2.55. The van der Waals surface area contributed by atoms with Crippen LogP contribution in [0.2, 0.25) is 0 Å². The van der Waals surface area contributed by atoms with E-state index in [0.29, 0.717) is 6.42 Å². The zero-order valence-corrected chi connectivity index (χ0v) is 13.8. The molecule has 3 aromatic rings. The molecule has 1 fully saturated rings. The highest BCUT2D eigenvalue weighted by Crippen LogP contribution is 2.50. The molecule has 0 bridgehead atoms. The molecule has 1 amide bonds. The van der Waals surface area contributed by atoms with Gasteiger partial charge in [-0.15, -0.1) is 0 Å². The lowest BCUT2D eigenvalue weighted by molar-refractivity contribution is -0.131. The summed E-state index contributed by atoms with van der Waals surface area (Å²) in [5.74, 6) is 0.287. The molecule has 0 aliphatic carbocycles. The van der Waals surface area contributed by atoms with Crippen LogP contribution in [0.4, 0.5) is 0 Å². The summed E-state index contributed by atoms with van der Waals surface area (Å²) in [5, 5.41) is 1.34. The van der Waals surface area contributed by atoms with Crippen molar-refractivity contribution in [3.63, 3.8) is 0 Å². The Morgan fingerprint density at radius 2 is 1.71 bits per heavy atom. The molecule has 1 saturated heterocycles. The van der Waals surface area contributed by atoms with Gasteiger partial charge in [0.1, 0.15) is 5.54 Å². The SMILES string of the molecule is Cn1c2c(c3ccccc31)CCN1C(=O)CCC21c1ccccc1. The molecular weight excluding hydrogens is 296 g/mol. The lowest BCUT2D eigenvalue weighted by atomic mass is 9.79. The molecule has 3 heterocycles. The van der Waals surface area contributed by atoms with Crippen molar-refractivity contribution < 1.29 is 4.79 Å². The molecule has 0 saturated carbocycles. The Kier molecular flexibility index (Phi) is 2.73. The summed E-state index contributed by atoms with van der Waals surface area (Å²) < 4.78 is 2.32. The molecule has 3 nitrogen and oxygen atoms in total. The van der Waals surface area contributed by atoms with Crippen LogP contribution in [-0.2, 0) is 23.8 Å². The van der Waals surface area contributed by atoms with E-state index in [1.807, 2.05) is 6.07 Å². The lowest BCUT2D eigenvalue weighted by Crippen LogP contribution is -2.49. The van der Waals surface area contributed by atoms with Gasteiger partial charge >= 0.3 is 0 Å². The molecule has 5 rings (SSSR count). The molecule has 0 radical (unpaired) electrons. The van der Waals surface area contributed by atoms with Gasteiger partial charge in [0.15, 0.2) is 0 Å². The van der Waals surface area contributed by atoms with Crippen LogP contribution in [0, 0.1) is 0 Å². The third kappa shape index (κ3) is 1.55. The average molecular weight is 316 g/mol. The van der Waals surface area contributed by atoms with Crippen molar-refractivity contribution in [1.82, 2.24) is 9.47 Å². The number of amides is 1. The minimum absolute atomic E-state index is 0.287. The monoisotopic (exact) mass is 316 g/mol. The number of carbonyl (C=O) groups excluding carboxylic acids is 1. The molecule has 1 atom stereocenters. The number of aromatic nitrogens is 1. The van der Waals surface area contributed by atoms with Gasteiger partial charge in [-0.2, -0.15) is 0 Å². The smallest absolute Gasteiger partial charge is 0.223 e. The first kappa shape index (κ1) is 13.8.